The standard InChI is InChI=1S/C23H16N6/c24-15-16-5-7-17(8-6-16)26-27-18-9-11-19(12-10-18)28-29-23-14-13-22(25)20-3-1-2-4-21(20)23/h1-14H,25H2. The molecule has 0 saturated heterocycles. The van der Waals surface area contributed by atoms with Gasteiger partial charge in [-0.1, -0.05) is 24.3 Å². The van der Waals surface area contributed by atoms with E-state index in [0.29, 0.717) is 22.6 Å². The number of benzene rings is 4. The van der Waals surface area contributed by atoms with Crippen molar-refractivity contribution < 1.29 is 0 Å². The lowest BCUT2D eigenvalue weighted by molar-refractivity contribution is 1.21. The molecule has 29 heavy (non-hydrogen) atoms. The van der Waals surface area contributed by atoms with Gasteiger partial charge in [-0.05, 0) is 60.7 Å². The van der Waals surface area contributed by atoms with Crippen LogP contribution in [0, 0.1) is 11.3 Å². The molecule has 0 aliphatic heterocycles. The van der Waals surface area contributed by atoms with E-state index in [1.807, 2.05) is 60.7 Å². The molecule has 0 aromatic heterocycles. The first-order valence-corrected chi connectivity index (χ1v) is 8.94. The summed E-state index contributed by atoms with van der Waals surface area (Å²) < 4.78 is 0. The summed E-state index contributed by atoms with van der Waals surface area (Å²) in [5, 5.41) is 27.8. The van der Waals surface area contributed by atoms with Crippen molar-refractivity contribution in [1.82, 2.24) is 0 Å². The Labute approximate surface area is 167 Å². The fraction of sp³-hybridized carbons (Fsp3) is 0. The van der Waals surface area contributed by atoms with Crippen LogP contribution in [0.2, 0.25) is 0 Å². The van der Waals surface area contributed by atoms with Crippen LogP contribution in [0.5, 0.6) is 0 Å². The average molecular weight is 376 g/mol. The highest BCUT2D eigenvalue weighted by Crippen LogP contribution is 2.31. The van der Waals surface area contributed by atoms with Crippen LogP contribution in [-0.4, -0.2) is 0 Å². The second-order valence-corrected chi connectivity index (χ2v) is 6.29. The number of azo groups is 2. The van der Waals surface area contributed by atoms with Crippen molar-refractivity contribution in [2.45, 2.75) is 0 Å². The van der Waals surface area contributed by atoms with Gasteiger partial charge in [0, 0.05) is 16.5 Å². The average Bonchev–Trinajstić information content (AvgIpc) is 2.78. The van der Waals surface area contributed by atoms with Crippen molar-refractivity contribution >= 4 is 39.2 Å². The molecule has 6 nitrogen and oxygen atoms in total. The van der Waals surface area contributed by atoms with E-state index < -0.39 is 0 Å². The molecule has 6 heteroatoms. The van der Waals surface area contributed by atoms with Gasteiger partial charge in [0.2, 0.25) is 0 Å². The van der Waals surface area contributed by atoms with E-state index in [1.54, 1.807) is 24.3 Å². The first-order valence-electron chi connectivity index (χ1n) is 8.94. The van der Waals surface area contributed by atoms with Gasteiger partial charge in [0.1, 0.15) is 0 Å². The fourth-order valence-electron chi connectivity index (χ4n) is 2.81. The molecular formula is C23H16N6. The summed E-state index contributed by atoms with van der Waals surface area (Å²) in [6, 6.07) is 27.8. The van der Waals surface area contributed by atoms with Gasteiger partial charge in [0.25, 0.3) is 0 Å². The third kappa shape index (κ3) is 4.15. The molecule has 2 N–H and O–H groups in total. The van der Waals surface area contributed by atoms with E-state index in [0.717, 1.165) is 22.1 Å². The summed E-state index contributed by atoms with van der Waals surface area (Å²) in [5.41, 5.74) is 10.2. The zero-order valence-corrected chi connectivity index (χ0v) is 15.4. The molecule has 4 rings (SSSR count). The minimum Gasteiger partial charge on any atom is -0.398 e. The summed E-state index contributed by atoms with van der Waals surface area (Å²) in [5.74, 6) is 0. The summed E-state index contributed by atoms with van der Waals surface area (Å²) in [4.78, 5) is 0. The smallest absolute Gasteiger partial charge is 0.0991 e. The lowest BCUT2D eigenvalue weighted by atomic mass is 10.1. The molecular weight excluding hydrogens is 360 g/mol. The quantitative estimate of drug-likeness (QED) is 0.303. The van der Waals surface area contributed by atoms with E-state index in [2.05, 4.69) is 26.5 Å². The summed E-state index contributed by atoms with van der Waals surface area (Å²) in [6.07, 6.45) is 0. The normalized spacial score (nSPS) is 11.3. The van der Waals surface area contributed by atoms with Crippen LogP contribution in [0.25, 0.3) is 10.8 Å². The van der Waals surface area contributed by atoms with Crippen molar-refractivity contribution in [1.29, 1.82) is 5.26 Å². The Morgan fingerprint density at radius 3 is 1.69 bits per heavy atom. The number of hydrogen-bond donors (Lipinski definition) is 1. The van der Waals surface area contributed by atoms with Crippen molar-refractivity contribution in [3.63, 3.8) is 0 Å². The van der Waals surface area contributed by atoms with E-state index in [4.69, 9.17) is 11.0 Å². The Bertz CT molecular complexity index is 1250. The maximum atomic E-state index is 8.82. The number of nitrogens with zero attached hydrogens (tertiary/aromatic N) is 5. The van der Waals surface area contributed by atoms with Gasteiger partial charge >= 0.3 is 0 Å². The minimum atomic E-state index is 0.590. The zero-order chi connectivity index (χ0) is 20.1. The van der Waals surface area contributed by atoms with Crippen molar-refractivity contribution in [2.75, 3.05) is 5.73 Å². The molecule has 0 saturated carbocycles. The molecule has 0 atom stereocenters. The number of fused-ring (bicyclic) bond motifs is 1. The number of nitriles is 1. The monoisotopic (exact) mass is 376 g/mol. The Hall–Kier alpha value is -4.37. The van der Waals surface area contributed by atoms with Crippen LogP contribution in [-0.2, 0) is 0 Å². The number of hydrogen-bond acceptors (Lipinski definition) is 6. The Morgan fingerprint density at radius 1 is 0.586 bits per heavy atom. The molecule has 0 fully saturated rings. The van der Waals surface area contributed by atoms with Crippen LogP contribution in [0.15, 0.2) is 105 Å². The predicted octanol–water partition coefficient (Wildman–Crippen LogP) is 7.12. The Kier molecular flexibility index (Phi) is 5.04. The number of nitrogens with two attached hydrogens (primary N) is 1. The lowest BCUT2D eigenvalue weighted by Gasteiger charge is -2.04. The zero-order valence-electron chi connectivity index (χ0n) is 15.4. The maximum Gasteiger partial charge on any atom is 0.0991 e. The predicted molar refractivity (Wildman–Crippen MR) is 114 cm³/mol. The van der Waals surface area contributed by atoms with Gasteiger partial charge in [-0.15, -0.1) is 5.11 Å². The molecule has 4 aromatic carbocycles. The van der Waals surface area contributed by atoms with Crippen LogP contribution in [0.3, 0.4) is 0 Å². The molecule has 0 radical (unpaired) electrons. The third-order valence-corrected chi connectivity index (χ3v) is 4.34. The van der Waals surface area contributed by atoms with E-state index >= 15 is 0 Å². The highest BCUT2D eigenvalue weighted by atomic mass is 15.1. The number of nitrogen functional groups attached to an aromatic ring is 1. The number of anilines is 1. The molecule has 0 unspecified atom stereocenters. The molecule has 0 amide bonds. The van der Waals surface area contributed by atoms with Crippen LogP contribution >= 0.6 is 0 Å². The third-order valence-electron chi connectivity index (χ3n) is 4.34. The van der Waals surface area contributed by atoms with Crippen LogP contribution < -0.4 is 5.73 Å². The number of rotatable bonds is 4. The molecule has 0 bridgehead atoms. The van der Waals surface area contributed by atoms with E-state index in [9.17, 15) is 0 Å². The van der Waals surface area contributed by atoms with Gasteiger partial charge < -0.3 is 5.73 Å². The summed E-state index contributed by atoms with van der Waals surface area (Å²) in [7, 11) is 0. The fourth-order valence-corrected chi connectivity index (χ4v) is 2.81. The van der Waals surface area contributed by atoms with E-state index in [-0.39, 0.29) is 0 Å². The summed E-state index contributed by atoms with van der Waals surface area (Å²) >= 11 is 0. The Balaban J connectivity index is 1.50. The minimum absolute atomic E-state index is 0.590. The van der Waals surface area contributed by atoms with Gasteiger partial charge in [0.15, 0.2) is 0 Å². The second-order valence-electron chi connectivity index (χ2n) is 6.29. The molecule has 4 aromatic rings. The Morgan fingerprint density at radius 2 is 1.10 bits per heavy atom. The van der Waals surface area contributed by atoms with E-state index in [1.165, 1.54) is 0 Å². The van der Waals surface area contributed by atoms with Crippen molar-refractivity contribution in [2.24, 2.45) is 20.5 Å². The largest absolute Gasteiger partial charge is 0.398 e. The molecule has 0 heterocycles. The van der Waals surface area contributed by atoms with Gasteiger partial charge in [-0.25, -0.2) is 0 Å². The van der Waals surface area contributed by atoms with Crippen molar-refractivity contribution in [3.05, 3.63) is 90.5 Å². The second kappa shape index (κ2) is 8.11. The highest BCUT2D eigenvalue weighted by Gasteiger charge is 2.02. The molecule has 0 aliphatic rings. The van der Waals surface area contributed by atoms with Gasteiger partial charge in [0.05, 0.1) is 34.4 Å². The topological polar surface area (TPSA) is 99.2 Å². The summed E-state index contributed by atoms with van der Waals surface area (Å²) in [6.45, 7) is 0. The van der Waals surface area contributed by atoms with Gasteiger partial charge in [-0.3, -0.25) is 0 Å². The lowest BCUT2D eigenvalue weighted by Crippen LogP contribution is -1.86. The SMILES string of the molecule is N#Cc1ccc(N=Nc2ccc(N=Nc3ccc(N)c4ccccc34)cc2)cc1. The van der Waals surface area contributed by atoms with Gasteiger partial charge in [-0.2, -0.15) is 20.6 Å². The maximum absolute atomic E-state index is 8.82. The first kappa shape index (κ1) is 18.0. The van der Waals surface area contributed by atoms with Crippen molar-refractivity contribution in [3.8, 4) is 6.07 Å². The highest BCUT2D eigenvalue weighted by molar-refractivity contribution is 5.99. The molecule has 138 valence electrons. The first-order chi connectivity index (χ1) is 14.2. The molecule has 0 aliphatic carbocycles. The molecule has 0 spiro atoms. The van der Waals surface area contributed by atoms with Crippen LogP contribution in [0.4, 0.5) is 28.4 Å². The van der Waals surface area contributed by atoms with Crippen LogP contribution in [0.1, 0.15) is 5.56 Å².